The number of hydrogen-bond donors (Lipinski definition) is 0. The van der Waals surface area contributed by atoms with E-state index in [0.717, 1.165) is 31.6 Å². The molecule has 2 nitrogen and oxygen atoms in total. The summed E-state index contributed by atoms with van der Waals surface area (Å²) in [6.07, 6.45) is 5.71. The van der Waals surface area contributed by atoms with E-state index in [1.807, 2.05) is 0 Å². The normalized spacial score (nSPS) is 10.7. The lowest BCUT2D eigenvalue weighted by Crippen LogP contribution is -1.95. The molecule has 0 spiro atoms. The molecule has 0 radical (unpaired) electrons. The number of thiazole rings is 1. The summed E-state index contributed by atoms with van der Waals surface area (Å²) in [7, 11) is 0. The number of nitrogens with zero attached hydrogens (tertiary/aromatic N) is 1. The van der Waals surface area contributed by atoms with Gasteiger partial charge < -0.3 is 4.74 Å². The standard InChI is InChI=1S/C17H23NOS/c1-3-12-19-17-10-8-15(9-11-17)6-4-5-7-16-13-20-14(2)18-16/h8-11,13H,3-7,12H2,1-2H3. The predicted octanol–water partition coefficient (Wildman–Crippen LogP) is 4.81. The second-order valence-electron chi connectivity index (χ2n) is 5.06. The molecule has 0 aliphatic heterocycles. The molecular weight excluding hydrogens is 266 g/mol. The zero-order valence-corrected chi connectivity index (χ0v) is 13.2. The maximum atomic E-state index is 5.59. The molecule has 0 atom stereocenters. The van der Waals surface area contributed by atoms with Gasteiger partial charge in [-0.3, -0.25) is 0 Å². The van der Waals surface area contributed by atoms with E-state index in [1.54, 1.807) is 11.3 Å². The van der Waals surface area contributed by atoms with Gasteiger partial charge >= 0.3 is 0 Å². The molecular formula is C17H23NOS. The van der Waals surface area contributed by atoms with Crippen LogP contribution in [0.4, 0.5) is 0 Å². The van der Waals surface area contributed by atoms with Crippen LogP contribution in [0.2, 0.25) is 0 Å². The Kier molecular flexibility index (Phi) is 6.06. The molecule has 1 aromatic carbocycles. The largest absolute Gasteiger partial charge is 0.494 e. The highest BCUT2D eigenvalue weighted by Crippen LogP contribution is 2.15. The van der Waals surface area contributed by atoms with Crippen molar-refractivity contribution < 1.29 is 4.74 Å². The Morgan fingerprint density at radius 3 is 2.50 bits per heavy atom. The van der Waals surface area contributed by atoms with Gasteiger partial charge in [0.25, 0.3) is 0 Å². The minimum Gasteiger partial charge on any atom is -0.494 e. The number of unbranched alkanes of at least 4 members (excludes halogenated alkanes) is 1. The summed E-state index contributed by atoms with van der Waals surface area (Å²) in [5, 5.41) is 3.34. The highest BCUT2D eigenvalue weighted by Gasteiger charge is 1.99. The van der Waals surface area contributed by atoms with Crippen molar-refractivity contribution in [3.8, 4) is 5.75 Å². The summed E-state index contributed by atoms with van der Waals surface area (Å²) in [4.78, 5) is 4.50. The summed E-state index contributed by atoms with van der Waals surface area (Å²) >= 11 is 1.74. The van der Waals surface area contributed by atoms with Gasteiger partial charge in [-0.1, -0.05) is 19.1 Å². The molecule has 0 saturated heterocycles. The van der Waals surface area contributed by atoms with Gasteiger partial charge in [0.1, 0.15) is 5.75 Å². The predicted molar refractivity (Wildman–Crippen MR) is 85.7 cm³/mol. The summed E-state index contributed by atoms with van der Waals surface area (Å²) < 4.78 is 5.59. The van der Waals surface area contributed by atoms with Gasteiger partial charge in [0.05, 0.1) is 17.3 Å². The molecule has 0 amide bonds. The van der Waals surface area contributed by atoms with Crippen LogP contribution in [0.15, 0.2) is 29.6 Å². The molecule has 0 bridgehead atoms. The molecule has 3 heteroatoms. The van der Waals surface area contributed by atoms with Gasteiger partial charge in [-0.2, -0.15) is 0 Å². The highest BCUT2D eigenvalue weighted by atomic mass is 32.1. The molecule has 0 saturated carbocycles. The third-order valence-electron chi connectivity index (χ3n) is 3.21. The van der Waals surface area contributed by atoms with Gasteiger partial charge in [0.2, 0.25) is 0 Å². The van der Waals surface area contributed by atoms with Crippen LogP contribution >= 0.6 is 11.3 Å². The van der Waals surface area contributed by atoms with Crippen LogP contribution in [0.25, 0.3) is 0 Å². The Balaban J connectivity index is 1.68. The molecule has 2 rings (SSSR count). The van der Waals surface area contributed by atoms with Gasteiger partial charge in [0.15, 0.2) is 0 Å². The Hall–Kier alpha value is -1.35. The molecule has 0 N–H and O–H groups in total. The van der Waals surface area contributed by atoms with Crippen LogP contribution in [-0.4, -0.2) is 11.6 Å². The van der Waals surface area contributed by atoms with Crippen molar-refractivity contribution in [2.24, 2.45) is 0 Å². The fourth-order valence-electron chi connectivity index (χ4n) is 2.13. The fraction of sp³-hybridized carbons (Fsp3) is 0.471. The SMILES string of the molecule is CCCOc1ccc(CCCCc2csc(C)n2)cc1. The van der Waals surface area contributed by atoms with Crippen LogP contribution in [0.1, 0.15) is 42.5 Å². The van der Waals surface area contributed by atoms with Crippen molar-refractivity contribution in [2.75, 3.05) is 6.61 Å². The Morgan fingerprint density at radius 1 is 1.10 bits per heavy atom. The number of ether oxygens (including phenoxy) is 1. The van der Waals surface area contributed by atoms with Crippen LogP contribution < -0.4 is 4.74 Å². The van der Waals surface area contributed by atoms with E-state index in [-0.39, 0.29) is 0 Å². The second-order valence-corrected chi connectivity index (χ2v) is 6.12. The minimum atomic E-state index is 0.798. The van der Waals surface area contributed by atoms with E-state index in [0.29, 0.717) is 0 Å². The Labute approximate surface area is 125 Å². The quantitative estimate of drug-likeness (QED) is 0.651. The van der Waals surface area contributed by atoms with Crippen molar-refractivity contribution >= 4 is 11.3 Å². The lowest BCUT2D eigenvalue weighted by Gasteiger charge is -2.06. The molecule has 1 heterocycles. The van der Waals surface area contributed by atoms with Crippen molar-refractivity contribution in [3.63, 3.8) is 0 Å². The molecule has 0 aliphatic carbocycles. The van der Waals surface area contributed by atoms with Crippen molar-refractivity contribution in [3.05, 3.63) is 45.9 Å². The molecule has 108 valence electrons. The third-order valence-corrected chi connectivity index (χ3v) is 4.03. The number of benzene rings is 1. The van der Waals surface area contributed by atoms with E-state index >= 15 is 0 Å². The van der Waals surface area contributed by atoms with E-state index in [2.05, 4.69) is 48.5 Å². The second kappa shape index (κ2) is 8.05. The summed E-state index contributed by atoms with van der Waals surface area (Å²) in [5.41, 5.74) is 2.64. The maximum absolute atomic E-state index is 5.59. The molecule has 1 aromatic heterocycles. The van der Waals surface area contributed by atoms with Crippen molar-refractivity contribution in [1.29, 1.82) is 0 Å². The first kappa shape index (κ1) is 15.0. The lowest BCUT2D eigenvalue weighted by molar-refractivity contribution is 0.317. The Morgan fingerprint density at radius 2 is 1.85 bits per heavy atom. The van der Waals surface area contributed by atoms with Gasteiger partial charge in [-0.25, -0.2) is 4.98 Å². The third kappa shape index (κ3) is 4.97. The van der Waals surface area contributed by atoms with Crippen molar-refractivity contribution in [2.45, 2.75) is 46.0 Å². The number of aromatic nitrogens is 1. The topological polar surface area (TPSA) is 22.1 Å². The van der Waals surface area contributed by atoms with E-state index in [9.17, 15) is 0 Å². The van der Waals surface area contributed by atoms with E-state index in [1.165, 1.54) is 29.1 Å². The minimum absolute atomic E-state index is 0.798. The summed E-state index contributed by atoms with van der Waals surface area (Å²) in [6, 6.07) is 8.51. The van der Waals surface area contributed by atoms with Crippen LogP contribution in [0.3, 0.4) is 0 Å². The lowest BCUT2D eigenvalue weighted by atomic mass is 10.1. The first-order valence-corrected chi connectivity index (χ1v) is 8.28. The fourth-order valence-corrected chi connectivity index (χ4v) is 2.78. The number of aryl methyl sites for hydroxylation is 3. The number of rotatable bonds is 8. The smallest absolute Gasteiger partial charge is 0.119 e. The average molecular weight is 289 g/mol. The van der Waals surface area contributed by atoms with Gasteiger partial charge in [0, 0.05) is 5.38 Å². The molecule has 20 heavy (non-hydrogen) atoms. The monoisotopic (exact) mass is 289 g/mol. The average Bonchev–Trinajstić information content (AvgIpc) is 2.88. The van der Waals surface area contributed by atoms with Gasteiger partial charge in [-0.05, 0) is 56.7 Å². The number of hydrogen-bond acceptors (Lipinski definition) is 3. The summed E-state index contributed by atoms with van der Waals surface area (Å²) in [5.74, 6) is 0.980. The van der Waals surface area contributed by atoms with E-state index < -0.39 is 0 Å². The summed E-state index contributed by atoms with van der Waals surface area (Å²) in [6.45, 7) is 4.99. The highest BCUT2D eigenvalue weighted by molar-refractivity contribution is 7.09. The zero-order chi connectivity index (χ0) is 14.2. The van der Waals surface area contributed by atoms with Crippen LogP contribution in [0.5, 0.6) is 5.75 Å². The molecule has 0 fully saturated rings. The first-order chi connectivity index (χ1) is 9.78. The van der Waals surface area contributed by atoms with Crippen molar-refractivity contribution in [1.82, 2.24) is 4.98 Å². The first-order valence-electron chi connectivity index (χ1n) is 7.40. The Bertz CT molecular complexity index is 504. The zero-order valence-electron chi connectivity index (χ0n) is 12.4. The molecule has 2 aromatic rings. The van der Waals surface area contributed by atoms with Crippen LogP contribution in [-0.2, 0) is 12.8 Å². The maximum Gasteiger partial charge on any atom is 0.119 e. The molecule has 0 aliphatic rings. The van der Waals surface area contributed by atoms with Crippen LogP contribution in [0, 0.1) is 6.92 Å². The molecule has 0 unspecified atom stereocenters. The van der Waals surface area contributed by atoms with E-state index in [4.69, 9.17) is 4.74 Å². The van der Waals surface area contributed by atoms with Gasteiger partial charge in [-0.15, -0.1) is 11.3 Å².